The van der Waals surface area contributed by atoms with Gasteiger partial charge < -0.3 is 10.2 Å². The minimum Gasteiger partial charge on any atom is -0.308 e. The van der Waals surface area contributed by atoms with Gasteiger partial charge in [-0.25, -0.2) is 0 Å². The second kappa shape index (κ2) is 5.87. The third-order valence-corrected chi connectivity index (χ3v) is 5.66. The van der Waals surface area contributed by atoms with Crippen molar-refractivity contribution in [3.8, 4) is 0 Å². The zero-order chi connectivity index (χ0) is 14.0. The Bertz CT molecular complexity index is 450. The average molecular weight is 272 g/mol. The monoisotopic (exact) mass is 272 g/mol. The van der Waals surface area contributed by atoms with Crippen molar-refractivity contribution in [3.63, 3.8) is 0 Å². The molecule has 0 aromatic heterocycles. The third-order valence-electron chi connectivity index (χ3n) is 5.66. The molecule has 2 aliphatic rings. The Morgan fingerprint density at radius 1 is 1.20 bits per heavy atom. The topological polar surface area (TPSA) is 15.3 Å². The Labute approximate surface area is 123 Å². The van der Waals surface area contributed by atoms with E-state index in [1.54, 1.807) is 5.56 Å². The standard InChI is InChI=1S/C18H28N2/c1-3-18(4-2)9-10-20(14-18)13-17-11-15-7-5-6-8-16(15)12-19-17/h5-8,17,19H,3-4,9-14H2,1-2H3. The molecule has 1 unspecified atom stereocenters. The van der Waals surface area contributed by atoms with E-state index in [2.05, 4.69) is 48.3 Å². The van der Waals surface area contributed by atoms with E-state index < -0.39 is 0 Å². The Morgan fingerprint density at radius 3 is 2.65 bits per heavy atom. The molecule has 0 aliphatic carbocycles. The quantitative estimate of drug-likeness (QED) is 0.905. The van der Waals surface area contributed by atoms with E-state index in [-0.39, 0.29) is 0 Å². The molecule has 20 heavy (non-hydrogen) atoms. The smallest absolute Gasteiger partial charge is 0.0238 e. The second-order valence-electron chi connectivity index (χ2n) is 6.74. The minimum atomic E-state index is 0.604. The number of likely N-dealkylation sites (tertiary alicyclic amines) is 1. The first-order valence-corrected chi connectivity index (χ1v) is 8.27. The highest BCUT2D eigenvalue weighted by molar-refractivity contribution is 5.30. The van der Waals surface area contributed by atoms with Crippen LogP contribution in [0.25, 0.3) is 0 Å². The number of fused-ring (bicyclic) bond motifs is 1. The van der Waals surface area contributed by atoms with Crippen molar-refractivity contribution in [3.05, 3.63) is 35.4 Å². The molecule has 1 aromatic rings. The van der Waals surface area contributed by atoms with E-state index in [1.807, 2.05) is 0 Å². The van der Waals surface area contributed by atoms with Crippen molar-refractivity contribution in [1.82, 2.24) is 10.2 Å². The lowest BCUT2D eigenvalue weighted by molar-refractivity contribution is 0.222. The maximum absolute atomic E-state index is 3.72. The lowest BCUT2D eigenvalue weighted by Gasteiger charge is -2.31. The van der Waals surface area contributed by atoms with Crippen molar-refractivity contribution in [2.75, 3.05) is 19.6 Å². The van der Waals surface area contributed by atoms with E-state index in [0.717, 1.165) is 6.54 Å². The molecular formula is C18H28N2. The molecule has 0 saturated carbocycles. The summed E-state index contributed by atoms with van der Waals surface area (Å²) in [5, 5.41) is 3.72. The molecule has 2 heterocycles. The summed E-state index contributed by atoms with van der Waals surface area (Å²) in [5.41, 5.74) is 3.64. The van der Waals surface area contributed by atoms with Crippen LogP contribution in [0, 0.1) is 5.41 Å². The van der Waals surface area contributed by atoms with E-state index >= 15 is 0 Å². The van der Waals surface area contributed by atoms with Gasteiger partial charge in [0.2, 0.25) is 0 Å². The van der Waals surface area contributed by atoms with E-state index in [4.69, 9.17) is 0 Å². The molecule has 3 rings (SSSR count). The SMILES string of the molecule is CCC1(CC)CCN(CC2Cc3ccccc3CN2)C1. The third kappa shape index (κ3) is 2.77. The Kier molecular flexibility index (Phi) is 4.13. The van der Waals surface area contributed by atoms with Crippen molar-refractivity contribution >= 4 is 0 Å². The van der Waals surface area contributed by atoms with Gasteiger partial charge in [-0.2, -0.15) is 0 Å². The molecule has 0 amide bonds. The van der Waals surface area contributed by atoms with Crippen LogP contribution in [0.5, 0.6) is 0 Å². The summed E-state index contributed by atoms with van der Waals surface area (Å²) in [6.45, 7) is 9.59. The normalized spacial score (nSPS) is 25.6. The Hall–Kier alpha value is -0.860. The van der Waals surface area contributed by atoms with Crippen LogP contribution in [0.3, 0.4) is 0 Å². The first-order chi connectivity index (χ1) is 9.74. The van der Waals surface area contributed by atoms with Crippen molar-refractivity contribution < 1.29 is 0 Å². The summed E-state index contributed by atoms with van der Waals surface area (Å²) >= 11 is 0. The van der Waals surface area contributed by atoms with Crippen LogP contribution in [-0.4, -0.2) is 30.6 Å². The van der Waals surface area contributed by atoms with Gasteiger partial charge in [-0.1, -0.05) is 38.1 Å². The highest BCUT2D eigenvalue weighted by Gasteiger charge is 2.35. The molecule has 0 spiro atoms. The van der Waals surface area contributed by atoms with E-state index in [1.165, 1.54) is 50.9 Å². The van der Waals surface area contributed by atoms with Crippen molar-refractivity contribution in [1.29, 1.82) is 0 Å². The fraction of sp³-hybridized carbons (Fsp3) is 0.667. The van der Waals surface area contributed by atoms with Crippen LogP contribution in [0.2, 0.25) is 0 Å². The molecule has 0 bridgehead atoms. The molecule has 2 aliphatic heterocycles. The summed E-state index contributed by atoms with van der Waals surface area (Å²) in [6, 6.07) is 9.52. The molecule has 0 radical (unpaired) electrons. The molecule has 1 fully saturated rings. The molecule has 1 N–H and O–H groups in total. The van der Waals surface area contributed by atoms with Gasteiger partial charge in [0.05, 0.1) is 0 Å². The molecule has 110 valence electrons. The van der Waals surface area contributed by atoms with E-state index in [0.29, 0.717) is 11.5 Å². The van der Waals surface area contributed by atoms with Crippen LogP contribution >= 0.6 is 0 Å². The van der Waals surface area contributed by atoms with Gasteiger partial charge in [0, 0.05) is 25.7 Å². The molecule has 2 heteroatoms. The predicted molar refractivity (Wildman–Crippen MR) is 84.8 cm³/mol. The summed E-state index contributed by atoms with van der Waals surface area (Å²) < 4.78 is 0. The molecule has 1 atom stereocenters. The van der Waals surface area contributed by atoms with Gasteiger partial charge in [-0.15, -0.1) is 0 Å². The lowest BCUT2D eigenvalue weighted by atomic mass is 9.82. The van der Waals surface area contributed by atoms with Crippen LogP contribution in [0.4, 0.5) is 0 Å². The Balaban J connectivity index is 1.58. The van der Waals surface area contributed by atoms with Crippen LogP contribution < -0.4 is 5.32 Å². The zero-order valence-electron chi connectivity index (χ0n) is 13.0. The van der Waals surface area contributed by atoms with Gasteiger partial charge in [0.25, 0.3) is 0 Å². The largest absolute Gasteiger partial charge is 0.308 e. The fourth-order valence-corrected chi connectivity index (χ4v) is 3.97. The first-order valence-electron chi connectivity index (χ1n) is 8.27. The predicted octanol–water partition coefficient (Wildman–Crippen LogP) is 3.21. The summed E-state index contributed by atoms with van der Waals surface area (Å²) in [5.74, 6) is 0. The zero-order valence-corrected chi connectivity index (χ0v) is 13.0. The first kappa shape index (κ1) is 14.1. The molecular weight excluding hydrogens is 244 g/mol. The number of nitrogens with zero attached hydrogens (tertiary/aromatic N) is 1. The van der Waals surface area contributed by atoms with Crippen molar-refractivity contribution in [2.24, 2.45) is 5.41 Å². The fourth-order valence-electron chi connectivity index (χ4n) is 3.97. The number of benzene rings is 1. The number of rotatable bonds is 4. The summed E-state index contributed by atoms with van der Waals surface area (Å²) in [6.07, 6.45) is 5.25. The van der Waals surface area contributed by atoms with Gasteiger partial charge in [0.15, 0.2) is 0 Å². The van der Waals surface area contributed by atoms with Gasteiger partial charge in [0.1, 0.15) is 0 Å². The van der Waals surface area contributed by atoms with Crippen LogP contribution in [0.15, 0.2) is 24.3 Å². The maximum atomic E-state index is 3.72. The molecule has 2 nitrogen and oxygen atoms in total. The highest BCUT2D eigenvalue weighted by atomic mass is 15.2. The lowest BCUT2D eigenvalue weighted by Crippen LogP contribution is -2.44. The maximum Gasteiger partial charge on any atom is 0.0238 e. The Morgan fingerprint density at radius 2 is 1.95 bits per heavy atom. The van der Waals surface area contributed by atoms with Crippen LogP contribution in [0.1, 0.15) is 44.2 Å². The number of hydrogen-bond acceptors (Lipinski definition) is 2. The average Bonchev–Trinajstić information content (AvgIpc) is 2.91. The second-order valence-corrected chi connectivity index (χ2v) is 6.74. The van der Waals surface area contributed by atoms with Crippen LogP contribution in [-0.2, 0) is 13.0 Å². The van der Waals surface area contributed by atoms with Gasteiger partial charge in [-0.3, -0.25) is 0 Å². The molecule has 1 aromatic carbocycles. The number of nitrogens with one attached hydrogen (secondary N) is 1. The van der Waals surface area contributed by atoms with Gasteiger partial charge in [-0.05, 0) is 48.8 Å². The molecule has 1 saturated heterocycles. The van der Waals surface area contributed by atoms with Crippen molar-refractivity contribution in [2.45, 2.75) is 52.1 Å². The minimum absolute atomic E-state index is 0.604. The van der Waals surface area contributed by atoms with Gasteiger partial charge >= 0.3 is 0 Å². The summed E-state index contributed by atoms with van der Waals surface area (Å²) in [7, 11) is 0. The van der Waals surface area contributed by atoms with E-state index in [9.17, 15) is 0 Å². The highest BCUT2D eigenvalue weighted by Crippen LogP contribution is 2.37. The number of hydrogen-bond donors (Lipinski definition) is 1. The summed E-state index contributed by atoms with van der Waals surface area (Å²) in [4.78, 5) is 2.69.